The standard InChI is InChI=1S/C18H18OS/c1-15(19)20-14-8-7-12-17-11-5-6-13-18(17)16-9-3-2-4-10-16/h2-7,9-13H,8,14H2,1H3. The lowest BCUT2D eigenvalue weighted by molar-refractivity contribution is -0.109. The highest BCUT2D eigenvalue weighted by atomic mass is 32.2. The minimum Gasteiger partial charge on any atom is -0.288 e. The molecule has 20 heavy (non-hydrogen) atoms. The summed E-state index contributed by atoms with van der Waals surface area (Å²) in [6, 6.07) is 18.8. The van der Waals surface area contributed by atoms with Crippen molar-refractivity contribution in [2.24, 2.45) is 0 Å². The van der Waals surface area contributed by atoms with Crippen molar-refractivity contribution in [2.75, 3.05) is 5.75 Å². The van der Waals surface area contributed by atoms with E-state index in [0.717, 1.165) is 12.2 Å². The van der Waals surface area contributed by atoms with Crippen LogP contribution >= 0.6 is 11.8 Å². The average molecular weight is 282 g/mol. The fourth-order valence-electron chi connectivity index (χ4n) is 2.00. The molecule has 0 saturated heterocycles. The third-order valence-corrected chi connectivity index (χ3v) is 3.78. The van der Waals surface area contributed by atoms with Gasteiger partial charge in [-0.2, -0.15) is 0 Å². The zero-order chi connectivity index (χ0) is 14.2. The van der Waals surface area contributed by atoms with E-state index in [1.165, 1.54) is 28.5 Å². The van der Waals surface area contributed by atoms with E-state index in [9.17, 15) is 4.79 Å². The molecule has 0 bridgehead atoms. The second-order valence-electron chi connectivity index (χ2n) is 4.48. The van der Waals surface area contributed by atoms with Crippen LogP contribution in [0.15, 0.2) is 60.7 Å². The SMILES string of the molecule is CC(=O)SCCC=Cc1ccccc1-c1ccccc1. The van der Waals surface area contributed by atoms with Crippen LogP contribution in [0.2, 0.25) is 0 Å². The van der Waals surface area contributed by atoms with Crippen molar-refractivity contribution >= 4 is 23.0 Å². The molecule has 2 aromatic carbocycles. The van der Waals surface area contributed by atoms with Gasteiger partial charge in [0.2, 0.25) is 0 Å². The Kier molecular flexibility index (Phi) is 5.63. The normalized spacial score (nSPS) is 10.8. The van der Waals surface area contributed by atoms with Gasteiger partial charge in [0.05, 0.1) is 0 Å². The number of allylic oxidation sites excluding steroid dienone is 1. The van der Waals surface area contributed by atoms with Crippen molar-refractivity contribution in [3.8, 4) is 11.1 Å². The smallest absolute Gasteiger partial charge is 0.185 e. The van der Waals surface area contributed by atoms with Crippen molar-refractivity contribution in [3.05, 3.63) is 66.2 Å². The monoisotopic (exact) mass is 282 g/mol. The highest BCUT2D eigenvalue weighted by Crippen LogP contribution is 2.24. The minimum absolute atomic E-state index is 0.183. The Labute approximate surface area is 124 Å². The van der Waals surface area contributed by atoms with E-state index in [-0.39, 0.29) is 5.12 Å². The molecule has 0 saturated carbocycles. The van der Waals surface area contributed by atoms with E-state index in [1.54, 1.807) is 6.92 Å². The van der Waals surface area contributed by atoms with E-state index in [0.29, 0.717) is 0 Å². The van der Waals surface area contributed by atoms with Crippen LogP contribution in [0.25, 0.3) is 17.2 Å². The van der Waals surface area contributed by atoms with Gasteiger partial charge in [0.1, 0.15) is 0 Å². The van der Waals surface area contributed by atoms with Gasteiger partial charge in [-0.1, -0.05) is 78.5 Å². The molecule has 2 aromatic rings. The first-order chi connectivity index (χ1) is 9.77. The van der Waals surface area contributed by atoms with Crippen molar-refractivity contribution in [2.45, 2.75) is 13.3 Å². The highest BCUT2D eigenvalue weighted by molar-refractivity contribution is 8.13. The molecule has 0 aliphatic heterocycles. The van der Waals surface area contributed by atoms with Crippen LogP contribution in [0.1, 0.15) is 18.9 Å². The van der Waals surface area contributed by atoms with E-state index < -0.39 is 0 Å². The maximum atomic E-state index is 10.9. The van der Waals surface area contributed by atoms with Crippen LogP contribution in [-0.2, 0) is 4.79 Å². The quantitative estimate of drug-likeness (QED) is 0.715. The van der Waals surface area contributed by atoms with Gasteiger partial charge in [0.15, 0.2) is 5.12 Å². The van der Waals surface area contributed by atoms with Crippen molar-refractivity contribution in [3.63, 3.8) is 0 Å². The lowest BCUT2D eigenvalue weighted by Crippen LogP contribution is -1.85. The molecule has 0 heterocycles. The second-order valence-corrected chi connectivity index (χ2v) is 5.76. The molecule has 0 aromatic heterocycles. The molecule has 0 radical (unpaired) electrons. The Bertz CT molecular complexity index is 587. The fourth-order valence-corrected chi connectivity index (χ4v) is 2.55. The summed E-state index contributed by atoms with van der Waals surface area (Å²) in [4.78, 5) is 10.9. The lowest BCUT2D eigenvalue weighted by atomic mass is 9.99. The van der Waals surface area contributed by atoms with E-state index in [1.807, 2.05) is 6.07 Å². The van der Waals surface area contributed by atoms with Crippen LogP contribution in [0.3, 0.4) is 0 Å². The number of rotatable bonds is 5. The number of carbonyl (C=O) groups excluding carboxylic acids is 1. The van der Waals surface area contributed by atoms with E-state index in [4.69, 9.17) is 0 Å². The van der Waals surface area contributed by atoms with Gasteiger partial charge in [0, 0.05) is 12.7 Å². The van der Waals surface area contributed by atoms with Gasteiger partial charge in [0.25, 0.3) is 0 Å². The number of carbonyl (C=O) groups is 1. The largest absolute Gasteiger partial charge is 0.288 e. The predicted molar refractivity (Wildman–Crippen MR) is 88.7 cm³/mol. The van der Waals surface area contributed by atoms with Crippen LogP contribution in [0.4, 0.5) is 0 Å². The Morgan fingerprint density at radius 3 is 2.50 bits per heavy atom. The average Bonchev–Trinajstić information content (AvgIpc) is 2.48. The molecule has 0 spiro atoms. The summed E-state index contributed by atoms with van der Waals surface area (Å²) in [5, 5.41) is 0.183. The molecule has 0 amide bonds. The summed E-state index contributed by atoms with van der Waals surface area (Å²) >= 11 is 1.38. The molecule has 0 aliphatic carbocycles. The first-order valence-corrected chi connectivity index (χ1v) is 7.70. The Morgan fingerprint density at radius 1 is 1.05 bits per heavy atom. The summed E-state index contributed by atoms with van der Waals surface area (Å²) in [6.07, 6.45) is 5.19. The first-order valence-electron chi connectivity index (χ1n) is 6.72. The van der Waals surface area contributed by atoms with Gasteiger partial charge < -0.3 is 0 Å². The highest BCUT2D eigenvalue weighted by Gasteiger charge is 2.00. The van der Waals surface area contributed by atoms with E-state index >= 15 is 0 Å². The Balaban J connectivity index is 2.09. The molecule has 0 aliphatic rings. The summed E-state index contributed by atoms with van der Waals surface area (Å²) in [6.45, 7) is 1.61. The van der Waals surface area contributed by atoms with Crippen LogP contribution < -0.4 is 0 Å². The summed E-state index contributed by atoms with van der Waals surface area (Å²) < 4.78 is 0. The molecule has 0 fully saturated rings. The third-order valence-electron chi connectivity index (χ3n) is 2.93. The zero-order valence-corrected chi connectivity index (χ0v) is 12.4. The van der Waals surface area contributed by atoms with Crippen molar-refractivity contribution in [1.29, 1.82) is 0 Å². The van der Waals surface area contributed by atoms with Crippen molar-refractivity contribution in [1.82, 2.24) is 0 Å². The molecule has 0 unspecified atom stereocenters. The van der Waals surface area contributed by atoms with Gasteiger partial charge in [-0.15, -0.1) is 0 Å². The maximum Gasteiger partial charge on any atom is 0.185 e. The number of hydrogen-bond acceptors (Lipinski definition) is 2. The lowest BCUT2D eigenvalue weighted by Gasteiger charge is -2.05. The van der Waals surface area contributed by atoms with Gasteiger partial charge in [-0.3, -0.25) is 4.79 Å². The zero-order valence-electron chi connectivity index (χ0n) is 11.6. The topological polar surface area (TPSA) is 17.1 Å². The third kappa shape index (κ3) is 4.39. The number of thioether (sulfide) groups is 1. The van der Waals surface area contributed by atoms with Crippen LogP contribution in [0.5, 0.6) is 0 Å². The van der Waals surface area contributed by atoms with Crippen LogP contribution in [-0.4, -0.2) is 10.9 Å². The van der Waals surface area contributed by atoms with Gasteiger partial charge >= 0.3 is 0 Å². The molecule has 0 N–H and O–H groups in total. The molecule has 102 valence electrons. The van der Waals surface area contributed by atoms with Crippen LogP contribution in [0, 0.1) is 0 Å². The molecular weight excluding hydrogens is 264 g/mol. The molecule has 2 heteroatoms. The Morgan fingerprint density at radius 2 is 1.75 bits per heavy atom. The Hall–Kier alpha value is -1.80. The molecular formula is C18H18OS. The van der Waals surface area contributed by atoms with E-state index in [2.05, 4.69) is 60.7 Å². The number of hydrogen-bond donors (Lipinski definition) is 0. The predicted octanol–water partition coefficient (Wildman–Crippen LogP) is 5.04. The maximum absolute atomic E-state index is 10.9. The van der Waals surface area contributed by atoms with Gasteiger partial charge in [-0.25, -0.2) is 0 Å². The van der Waals surface area contributed by atoms with Gasteiger partial charge in [-0.05, 0) is 23.1 Å². The summed E-state index contributed by atoms with van der Waals surface area (Å²) in [5.74, 6) is 0.847. The first kappa shape index (κ1) is 14.6. The van der Waals surface area contributed by atoms with Crippen molar-refractivity contribution < 1.29 is 4.79 Å². The molecule has 2 rings (SSSR count). The second kappa shape index (κ2) is 7.71. The summed E-state index contributed by atoms with van der Waals surface area (Å²) in [7, 11) is 0. The fraction of sp³-hybridized carbons (Fsp3) is 0.167. The molecule has 1 nitrogen and oxygen atoms in total. The molecule has 0 atom stereocenters. The summed E-state index contributed by atoms with van der Waals surface area (Å²) in [5.41, 5.74) is 3.68. The minimum atomic E-state index is 0.183. The number of benzene rings is 2.